The molecule has 4 aliphatic rings. The molecule has 0 unspecified atom stereocenters. The molecular formula is C26H42N2O2. The number of carbonyl (C=O) groups excluding carboxylic acids is 2. The quantitative estimate of drug-likeness (QED) is 0.708. The molecule has 3 fully saturated rings. The van der Waals surface area contributed by atoms with E-state index in [1.807, 2.05) is 6.08 Å². The highest BCUT2D eigenvalue weighted by atomic mass is 16.2. The van der Waals surface area contributed by atoms with Crippen LogP contribution in [0.3, 0.4) is 0 Å². The van der Waals surface area contributed by atoms with Crippen molar-refractivity contribution >= 4 is 11.8 Å². The maximum Gasteiger partial charge on any atom is 0.246 e. The van der Waals surface area contributed by atoms with Crippen LogP contribution in [0.2, 0.25) is 0 Å². The largest absolute Gasteiger partial charge is 0.351 e. The van der Waals surface area contributed by atoms with Gasteiger partial charge >= 0.3 is 0 Å². The lowest BCUT2D eigenvalue weighted by Gasteiger charge is -2.60. The Hall–Kier alpha value is -1.32. The summed E-state index contributed by atoms with van der Waals surface area (Å²) < 4.78 is 0. The first kappa shape index (κ1) is 21.9. The molecule has 3 aliphatic carbocycles. The van der Waals surface area contributed by atoms with Crippen molar-refractivity contribution in [2.75, 3.05) is 6.54 Å². The molecule has 0 spiro atoms. The molecule has 168 valence electrons. The lowest BCUT2D eigenvalue weighted by molar-refractivity contribution is -0.144. The molecule has 0 radical (unpaired) electrons. The van der Waals surface area contributed by atoms with Crippen LogP contribution in [0, 0.1) is 34.5 Å². The highest BCUT2D eigenvalue weighted by molar-refractivity contribution is 5.89. The van der Waals surface area contributed by atoms with Crippen molar-refractivity contribution in [2.24, 2.45) is 34.5 Å². The second-order valence-electron chi connectivity index (χ2n) is 11.7. The van der Waals surface area contributed by atoms with E-state index in [2.05, 4.69) is 57.8 Å². The van der Waals surface area contributed by atoms with Crippen LogP contribution in [0.4, 0.5) is 0 Å². The Morgan fingerprint density at radius 3 is 2.53 bits per heavy atom. The molecule has 4 heteroatoms. The molecule has 0 aromatic carbocycles. The number of fused-ring (bicyclic) bond motifs is 5. The third kappa shape index (κ3) is 3.15. The smallest absolute Gasteiger partial charge is 0.246 e. The molecule has 0 aromatic heterocycles. The Kier molecular flexibility index (Phi) is 5.38. The minimum atomic E-state index is -0.128. The van der Waals surface area contributed by atoms with Gasteiger partial charge in [-0.05, 0) is 95.0 Å². The maximum absolute atomic E-state index is 13.3. The Bertz CT molecular complexity index is 743. The standard InChI is InChI=1S/C26H42N2O2/c1-7-24(3,4)27-23(30)20-11-10-18-17-9-12-21-26(6,16-14-22(29)28(21)8-2)19(17)13-15-25(18,20)5/h14,16-21H,7-13,15H2,1-6H3,(H,27,30)/t17-,18-,19-,20+,21+,25-,26+/m0/s1. The monoisotopic (exact) mass is 414 g/mol. The van der Waals surface area contributed by atoms with Gasteiger partial charge in [-0.25, -0.2) is 0 Å². The van der Waals surface area contributed by atoms with E-state index in [1.54, 1.807) is 0 Å². The fourth-order valence-corrected chi connectivity index (χ4v) is 7.91. The van der Waals surface area contributed by atoms with E-state index in [1.165, 1.54) is 19.3 Å². The normalized spacial score (nSPS) is 43.1. The molecule has 4 nitrogen and oxygen atoms in total. The van der Waals surface area contributed by atoms with Gasteiger partial charge < -0.3 is 10.2 Å². The summed E-state index contributed by atoms with van der Waals surface area (Å²) >= 11 is 0. The van der Waals surface area contributed by atoms with E-state index in [-0.39, 0.29) is 34.1 Å². The van der Waals surface area contributed by atoms with E-state index in [9.17, 15) is 9.59 Å². The first-order chi connectivity index (χ1) is 14.1. The van der Waals surface area contributed by atoms with Gasteiger partial charge in [0.25, 0.3) is 0 Å². The molecule has 30 heavy (non-hydrogen) atoms. The lowest BCUT2D eigenvalue weighted by atomic mass is 9.47. The van der Waals surface area contributed by atoms with E-state index < -0.39 is 0 Å². The number of amides is 2. The number of likely N-dealkylation sites (N-methyl/N-ethyl adjacent to an activating group) is 1. The summed E-state index contributed by atoms with van der Waals surface area (Å²) in [5.74, 6) is 2.56. The van der Waals surface area contributed by atoms with E-state index >= 15 is 0 Å². The topological polar surface area (TPSA) is 49.4 Å². The second kappa shape index (κ2) is 7.38. The van der Waals surface area contributed by atoms with Gasteiger partial charge in [0.1, 0.15) is 0 Å². The van der Waals surface area contributed by atoms with Crippen molar-refractivity contribution in [1.29, 1.82) is 0 Å². The minimum absolute atomic E-state index is 0.0821. The zero-order valence-corrected chi connectivity index (χ0v) is 20.0. The van der Waals surface area contributed by atoms with Crippen molar-refractivity contribution in [3.63, 3.8) is 0 Å². The zero-order valence-electron chi connectivity index (χ0n) is 20.0. The zero-order chi connectivity index (χ0) is 21.9. The van der Waals surface area contributed by atoms with Crippen molar-refractivity contribution in [3.05, 3.63) is 12.2 Å². The fraction of sp³-hybridized carbons (Fsp3) is 0.846. The van der Waals surface area contributed by atoms with Gasteiger partial charge in [-0.3, -0.25) is 9.59 Å². The third-order valence-electron chi connectivity index (χ3n) is 9.97. The molecule has 0 bridgehead atoms. The van der Waals surface area contributed by atoms with Crippen LogP contribution in [0.15, 0.2) is 12.2 Å². The van der Waals surface area contributed by atoms with Crippen LogP contribution in [0.5, 0.6) is 0 Å². The first-order valence-electron chi connectivity index (χ1n) is 12.4. The predicted molar refractivity (Wildman–Crippen MR) is 121 cm³/mol. The van der Waals surface area contributed by atoms with Gasteiger partial charge in [0.05, 0.1) is 0 Å². The first-order valence-corrected chi connectivity index (χ1v) is 12.4. The van der Waals surface area contributed by atoms with Gasteiger partial charge in [-0.2, -0.15) is 0 Å². The number of nitrogens with one attached hydrogen (secondary N) is 1. The van der Waals surface area contributed by atoms with Crippen LogP contribution >= 0.6 is 0 Å². The van der Waals surface area contributed by atoms with Crippen molar-refractivity contribution in [3.8, 4) is 0 Å². The average molecular weight is 415 g/mol. The Labute approximate surface area is 183 Å². The third-order valence-corrected chi connectivity index (χ3v) is 9.97. The van der Waals surface area contributed by atoms with Crippen molar-refractivity contribution in [1.82, 2.24) is 10.2 Å². The molecule has 2 amide bonds. The molecule has 7 atom stereocenters. The number of hydrogen-bond acceptors (Lipinski definition) is 2. The summed E-state index contributed by atoms with van der Waals surface area (Å²) in [5, 5.41) is 3.35. The average Bonchev–Trinajstić information content (AvgIpc) is 3.05. The highest BCUT2D eigenvalue weighted by Gasteiger charge is 2.61. The summed E-state index contributed by atoms with van der Waals surface area (Å²) in [7, 11) is 0. The van der Waals surface area contributed by atoms with Crippen LogP contribution in [0.25, 0.3) is 0 Å². The second-order valence-corrected chi connectivity index (χ2v) is 11.7. The highest BCUT2D eigenvalue weighted by Crippen LogP contribution is 2.65. The van der Waals surface area contributed by atoms with E-state index in [0.717, 1.165) is 32.2 Å². The molecule has 0 saturated heterocycles. The predicted octanol–water partition coefficient (Wildman–Crippen LogP) is 4.94. The molecule has 3 saturated carbocycles. The molecule has 4 rings (SSSR count). The van der Waals surface area contributed by atoms with Crippen LogP contribution in [-0.2, 0) is 9.59 Å². The summed E-state index contributed by atoms with van der Waals surface area (Å²) in [5.41, 5.74) is 0.0763. The summed E-state index contributed by atoms with van der Waals surface area (Å²) in [4.78, 5) is 27.9. The van der Waals surface area contributed by atoms with Gasteiger partial charge in [0, 0.05) is 29.5 Å². The van der Waals surface area contributed by atoms with Crippen molar-refractivity contribution in [2.45, 2.75) is 98.1 Å². The van der Waals surface area contributed by atoms with Gasteiger partial charge in [0.15, 0.2) is 0 Å². The number of hydrogen-bond donors (Lipinski definition) is 1. The van der Waals surface area contributed by atoms with E-state index in [0.29, 0.717) is 23.8 Å². The lowest BCUT2D eigenvalue weighted by Crippen LogP contribution is -2.60. The Balaban J connectivity index is 1.58. The molecule has 1 heterocycles. The van der Waals surface area contributed by atoms with Gasteiger partial charge in [-0.1, -0.05) is 26.8 Å². The summed E-state index contributed by atoms with van der Waals surface area (Å²) in [6.07, 6.45) is 11.9. The Morgan fingerprint density at radius 1 is 1.13 bits per heavy atom. The summed E-state index contributed by atoms with van der Waals surface area (Å²) in [6.45, 7) is 14.1. The Morgan fingerprint density at radius 2 is 1.87 bits per heavy atom. The summed E-state index contributed by atoms with van der Waals surface area (Å²) in [6, 6.07) is 0.344. The van der Waals surface area contributed by atoms with Crippen LogP contribution < -0.4 is 5.32 Å². The molecule has 1 N–H and O–H groups in total. The van der Waals surface area contributed by atoms with Crippen LogP contribution in [0.1, 0.15) is 86.5 Å². The van der Waals surface area contributed by atoms with Crippen LogP contribution in [-0.4, -0.2) is 34.8 Å². The number of rotatable bonds is 4. The van der Waals surface area contributed by atoms with Gasteiger partial charge in [-0.15, -0.1) is 0 Å². The molecular weight excluding hydrogens is 372 g/mol. The van der Waals surface area contributed by atoms with Crippen molar-refractivity contribution < 1.29 is 9.59 Å². The van der Waals surface area contributed by atoms with E-state index in [4.69, 9.17) is 0 Å². The maximum atomic E-state index is 13.3. The number of nitrogens with zero attached hydrogens (tertiary/aromatic N) is 1. The fourth-order valence-electron chi connectivity index (χ4n) is 7.91. The molecule has 0 aromatic rings. The number of carbonyl (C=O) groups is 2. The molecule has 1 aliphatic heterocycles. The minimum Gasteiger partial charge on any atom is -0.351 e. The SMILES string of the molecule is CCN1C(=O)C=C[C@]2(C)[C@H]3CC[C@]4(C)[C@@H](C(=O)NC(C)(C)CC)CC[C@H]4[C@@H]3CC[C@@H]12. The van der Waals surface area contributed by atoms with Gasteiger partial charge in [0.2, 0.25) is 11.8 Å².